The Morgan fingerprint density at radius 1 is 1.44 bits per heavy atom. The molecule has 18 heavy (non-hydrogen) atoms. The maximum atomic E-state index is 11.1. The quantitative estimate of drug-likeness (QED) is 0.591. The van der Waals surface area contributed by atoms with Crippen molar-refractivity contribution in [1.29, 1.82) is 0 Å². The van der Waals surface area contributed by atoms with Gasteiger partial charge in [0.1, 0.15) is 5.54 Å². The van der Waals surface area contributed by atoms with E-state index in [4.69, 9.17) is 5.11 Å². The Hall–Kier alpha value is -0.610. The first-order chi connectivity index (χ1) is 8.37. The van der Waals surface area contributed by atoms with Crippen LogP contribution in [0.4, 0.5) is 0 Å². The molecule has 0 aromatic rings. The lowest BCUT2D eigenvalue weighted by Crippen LogP contribution is -2.47. The van der Waals surface area contributed by atoms with Gasteiger partial charge in [0.05, 0.1) is 0 Å². The Morgan fingerprint density at radius 3 is 2.50 bits per heavy atom. The average Bonchev–Trinajstić information content (AvgIpc) is 2.33. The van der Waals surface area contributed by atoms with Crippen molar-refractivity contribution in [1.82, 2.24) is 10.2 Å². The summed E-state index contributed by atoms with van der Waals surface area (Å²) in [6.07, 6.45) is 5.10. The van der Waals surface area contributed by atoms with Crippen molar-refractivity contribution in [3.05, 3.63) is 0 Å². The van der Waals surface area contributed by atoms with Gasteiger partial charge in [0.15, 0.2) is 0 Å². The van der Waals surface area contributed by atoms with Crippen LogP contribution in [0, 0.1) is 0 Å². The second kappa shape index (κ2) is 8.48. The Bertz CT molecular complexity index is 246. The van der Waals surface area contributed by atoms with Gasteiger partial charge in [0.2, 0.25) is 0 Å². The van der Waals surface area contributed by atoms with Crippen LogP contribution in [0.5, 0.6) is 0 Å². The highest BCUT2D eigenvalue weighted by molar-refractivity contribution is 5.78. The number of nitrogens with zero attached hydrogens (tertiary/aromatic N) is 1. The van der Waals surface area contributed by atoms with E-state index >= 15 is 0 Å². The van der Waals surface area contributed by atoms with Crippen LogP contribution >= 0.6 is 0 Å². The molecule has 0 aliphatic carbocycles. The van der Waals surface area contributed by atoms with Crippen molar-refractivity contribution in [3.63, 3.8) is 0 Å². The average molecular weight is 258 g/mol. The molecular weight excluding hydrogens is 228 g/mol. The van der Waals surface area contributed by atoms with E-state index in [1.54, 1.807) is 14.0 Å². The summed E-state index contributed by atoms with van der Waals surface area (Å²) in [7, 11) is 3.86. The highest BCUT2D eigenvalue weighted by atomic mass is 16.4. The van der Waals surface area contributed by atoms with Gasteiger partial charge in [-0.1, -0.05) is 13.3 Å². The minimum Gasteiger partial charge on any atom is -0.480 e. The summed E-state index contributed by atoms with van der Waals surface area (Å²) >= 11 is 0. The maximum Gasteiger partial charge on any atom is 0.323 e. The second-order valence-electron chi connectivity index (χ2n) is 5.46. The molecule has 0 aromatic heterocycles. The summed E-state index contributed by atoms with van der Waals surface area (Å²) in [6.45, 7) is 7.24. The van der Waals surface area contributed by atoms with Crippen LogP contribution in [0.25, 0.3) is 0 Å². The van der Waals surface area contributed by atoms with Crippen molar-refractivity contribution in [3.8, 4) is 0 Å². The zero-order valence-electron chi connectivity index (χ0n) is 12.6. The molecule has 0 saturated heterocycles. The van der Waals surface area contributed by atoms with E-state index in [0.717, 1.165) is 19.4 Å². The molecule has 0 saturated carbocycles. The predicted octanol–water partition coefficient (Wildman–Crippen LogP) is 2.34. The number of hydrogen-bond donors (Lipinski definition) is 2. The molecule has 0 amide bonds. The molecule has 2 N–H and O–H groups in total. The largest absolute Gasteiger partial charge is 0.480 e. The van der Waals surface area contributed by atoms with Gasteiger partial charge in [-0.2, -0.15) is 0 Å². The van der Waals surface area contributed by atoms with Gasteiger partial charge in [-0.3, -0.25) is 4.79 Å². The van der Waals surface area contributed by atoms with E-state index in [-0.39, 0.29) is 0 Å². The van der Waals surface area contributed by atoms with Crippen LogP contribution in [0.3, 0.4) is 0 Å². The number of hydrogen-bond acceptors (Lipinski definition) is 3. The Morgan fingerprint density at radius 2 is 2.06 bits per heavy atom. The molecule has 0 heterocycles. The van der Waals surface area contributed by atoms with Crippen molar-refractivity contribution in [2.24, 2.45) is 0 Å². The van der Waals surface area contributed by atoms with Gasteiger partial charge in [0, 0.05) is 6.04 Å². The van der Waals surface area contributed by atoms with Crippen molar-refractivity contribution >= 4 is 5.97 Å². The van der Waals surface area contributed by atoms with E-state index in [2.05, 4.69) is 31.1 Å². The zero-order valence-corrected chi connectivity index (χ0v) is 12.6. The van der Waals surface area contributed by atoms with Crippen LogP contribution in [-0.2, 0) is 4.79 Å². The zero-order chi connectivity index (χ0) is 14.2. The molecule has 2 atom stereocenters. The highest BCUT2D eigenvalue weighted by Gasteiger charge is 2.30. The molecule has 0 rings (SSSR count). The predicted molar refractivity (Wildman–Crippen MR) is 76.0 cm³/mol. The lowest BCUT2D eigenvalue weighted by Gasteiger charge is -2.26. The van der Waals surface area contributed by atoms with E-state index in [9.17, 15) is 4.79 Å². The number of aliphatic carboxylic acids is 1. The summed E-state index contributed by atoms with van der Waals surface area (Å²) in [5, 5.41) is 12.0. The lowest BCUT2D eigenvalue weighted by atomic mass is 9.95. The van der Waals surface area contributed by atoms with Crippen LogP contribution < -0.4 is 5.32 Å². The normalized spacial score (nSPS) is 16.6. The van der Waals surface area contributed by atoms with Gasteiger partial charge in [-0.05, 0) is 60.2 Å². The summed E-state index contributed by atoms with van der Waals surface area (Å²) < 4.78 is 0. The third-order valence-electron chi connectivity index (χ3n) is 3.92. The Labute approximate surface area is 112 Å². The molecule has 0 spiro atoms. The topological polar surface area (TPSA) is 52.6 Å². The first-order valence-corrected chi connectivity index (χ1v) is 7.00. The maximum absolute atomic E-state index is 11.1. The van der Waals surface area contributed by atoms with Gasteiger partial charge >= 0.3 is 5.97 Å². The van der Waals surface area contributed by atoms with Gasteiger partial charge < -0.3 is 15.3 Å². The van der Waals surface area contributed by atoms with Gasteiger partial charge in [-0.15, -0.1) is 0 Å². The fourth-order valence-electron chi connectivity index (χ4n) is 2.04. The summed E-state index contributed by atoms with van der Waals surface area (Å²) in [5.41, 5.74) is -0.784. The van der Waals surface area contributed by atoms with Crippen LogP contribution in [0.15, 0.2) is 0 Å². The molecule has 0 radical (unpaired) electrons. The number of carbonyl (C=O) groups is 1. The molecule has 2 unspecified atom stereocenters. The summed E-state index contributed by atoms with van der Waals surface area (Å²) in [5.74, 6) is -0.766. The molecule has 0 fully saturated rings. The molecule has 4 heteroatoms. The van der Waals surface area contributed by atoms with Crippen molar-refractivity contribution in [2.75, 3.05) is 20.6 Å². The van der Waals surface area contributed by atoms with Gasteiger partial charge in [-0.25, -0.2) is 0 Å². The second-order valence-corrected chi connectivity index (χ2v) is 5.46. The van der Waals surface area contributed by atoms with Crippen molar-refractivity contribution in [2.45, 2.75) is 64.5 Å². The molecule has 0 aliphatic heterocycles. The molecule has 0 aliphatic rings. The molecule has 108 valence electrons. The first kappa shape index (κ1) is 17.4. The third-order valence-corrected chi connectivity index (χ3v) is 3.92. The number of likely N-dealkylation sites (N-methyl/N-ethyl adjacent to an activating group) is 1. The van der Waals surface area contributed by atoms with Crippen molar-refractivity contribution < 1.29 is 9.90 Å². The minimum absolute atomic E-state index is 0.616. The van der Waals surface area contributed by atoms with E-state index < -0.39 is 11.5 Å². The fraction of sp³-hybridized carbons (Fsp3) is 0.929. The number of rotatable bonds is 10. The van der Waals surface area contributed by atoms with E-state index in [1.165, 1.54) is 12.8 Å². The smallest absolute Gasteiger partial charge is 0.323 e. The summed E-state index contributed by atoms with van der Waals surface area (Å²) in [6, 6.07) is 0.616. The number of carboxylic acid groups (broad SMARTS) is 1. The number of unbranched alkanes of at least 4 members (excludes halogenated alkanes) is 1. The Kier molecular flexibility index (Phi) is 8.20. The number of nitrogens with one attached hydrogen (secondary N) is 1. The summed E-state index contributed by atoms with van der Waals surface area (Å²) in [4.78, 5) is 13.5. The van der Waals surface area contributed by atoms with E-state index in [0.29, 0.717) is 12.5 Å². The van der Waals surface area contributed by atoms with Crippen LogP contribution in [0.2, 0.25) is 0 Å². The minimum atomic E-state index is -0.784. The molecule has 4 nitrogen and oxygen atoms in total. The highest BCUT2D eigenvalue weighted by Crippen LogP contribution is 2.14. The Balaban J connectivity index is 3.88. The van der Waals surface area contributed by atoms with Crippen LogP contribution in [-0.4, -0.2) is 48.2 Å². The first-order valence-electron chi connectivity index (χ1n) is 7.00. The molecule has 0 bridgehead atoms. The third kappa shape index (κ3) is 5.83. The molecular formula is C14H30N2O2. The van der Waals surface area contributed by atoms with E-state index in [1.807, 2.05) is 0 Å². The lowest BCUT2D eigenvalue weighted by molar-refractivity contribution is -0.144. The van der Waals surface area contributed by atoms with Gasteiger partial charge in [0.25, 0.3) is 0 Å². The fourth-order valence-corrected chi connectivity index (χ4v) is 2.04. The van der Waals surface area contributed by atoms with Crippen LogP contribution in [0.1, 0.15) is 52.9 Å². The monoisotopic (exact) mass is 258 g/mol. The number of carboxylic acids is 1. The SMILES string of the molecule is CCCC(C)N(C)CCCCC(C)(NC)C(=O)O. The molecule has 0 aromatic carbocycles. The standard InChI is InChI=1S/C14H30N2O2/c1-6-9-12(2)16(5)11-8-7-10-14(3,15-4)13(17)18/h12,15H,6-11H2,1-5H3,(H,17,18).